The first-order valence-corrected chi connectivity index (χ1v) is 26.0. The Morgan fingerprint density at radius 1 is 0.359 bits per heavy atom. The van der Waals surface area contributed by atoms with Crippen LogP contribution in [0.5, 0.6) is 0 Å². The summed E-state index contributed by atoms with van der Waals surface area (Å²) in [5.41, 5.74) is 19.7. The first-order chi connectivity index (χ1) is 30.2. The number of terminal acetylenes is 1. The minimum atomic E-state index is -3.03. The van der Waals surface area contributed by atoms with E-state index in [-0.39, 0.29) is 47.3 Å². The summed E-state index contributed by atoms with van der Waals surface area (Å²) in [7, 11) is -3.03. The highest BCUT2D eigenvalue weighted by Crippen LogP contribution is 2.56. The highest BCUT2D eigenvalue weighted by molar-refractivity contribution is 7.77. The molecule has 0 amide bonds. The Kier molecular flexibility index (Phi) is 14.8. The van der Waals surface area contributed by atoms with Gasteiger partial charge in [-0.1, -0.05) is 190 Å². The lowest BCUT2D eigenvalue weighted by Gasteiger charge is -2.23. The van der Waals surface area contributed by atoms with E-state index in [0.717, 1.165) is 11.2 Å². The molecule has 0 radical (unpaired) electrons. The maximum absolute atomic E-state index is 6.90. The zero-order chi connectivity index (χ0) is 46.9. The third-order valence-corrected chi connectivity index (χ3v) is 14.4. The van der Waals surface area contributed by atoms with Crippen molar-refractivity contribution in [2.75, 3.05) is 6.66 Å². The molecule has 0 saturated carbocycles. The lowest BCUT2D eigenvalue weighted by Crippen LogP contribution is -2.29. The molecule has 0 saturated heterocycles. The summed E-state index contributed by atoms with van der Waals surface area (Å²) in [6, 6.07) is 27.0. The van der Waals surface area contributed by atoms with Crippen molar-refractivity contribution < 1.29 is 0 Å². The van der Waals surface area contributed by atoms with E-state index in [9.17, 15) is 0 Å². The molecular weight excluding hydrogens is 802 g/mol. The van der Waals surface area contributed by atoms with Crippen LogP contribution in [-0.2, 0) is 0 Å². The summed E-state index contributed by atoms with van der Waals surface area (Å²) in [6.45, 7) is 38.6. The minimum Gasteiger partial charge on any atom is -0.282 e. The third-order valence-electron chi connectivity index (χ3n) is 12.7. The maximum Gasteiger partial charge on any atom is 0.330 e. The fourth-order valence-electron chi connectivity index (χ4n) is 9.24. The fourth-order valence-corrected chi connectivity index (χ4v) is 10.5. The zero-order valence-corrected chi connectivity index (χ0v) is 43.0. The molecule has 338 valence electrons. The number of hydrogen-bond acceptors (Lipinski definition) is 2. The van der Waals surface area contributed by atoms with Crippen molar-refractivity contribution in [3.63, 3.8) is 0 Å². The van der Waals surface area contributed by atoms with Gasteiger partial charge in [0, 0.05) is 24.8 Å². The van der Waals surface area contributed by atoms with Gasteiger partial charge >= 0.3 is 7.56 Å². The second kappa shape index (κ2) is 19.6. The molecule has 6 rings (SSSR count). The quantitative estimate of drug-likeness (QED) is 0.0594. The summed E-state index contributed by atoms with van der Waals surface area (Å²) < 4.78 is 21.1. The molecule has 0 unspecified atom stereocenters. The Labute approximate surface area is 386 Å². The van der Waals surface area contributed by atoms with Gasteiger partial charge in [0.2, 0.25) is 0 Å². The largest absolute Gasteiger partial charge is 0.330 e. The molecule has 6 nitrogen and oxygen atoms in total. The number of aromatic nitrogens is 4. The van der Waals surface area contributed by atoms with E-state index < -0.39 is 7.56 Å². The monoisotopic (exact) mass is 878 g/mol. The average molecular weight is 878 g/mol. The standard InChI is InChI=1S/C57H76N6P/c1-19-64(18,58-56-60(52-44(36(2)3)24-20-25-45(52)37(4)5)32-33-61(56)53-46(38(6)7)26-21-27-47(53)39(8)9)59-57-62(54-48(40(10)11)28-22-29-49(54)41(12)13)34-35-63(57)55-50(42(14)15)30-23-31-51(55)43(16)17/h1,20-43H,2-18H3/q+1/i1+1,19+1. The molecule has 64 heavy (non-hydrogen) atoms. The number of rotatable bonds is 14. The number of hydrogen-bond donors (Lipinski definition) is 0. The molecule has 0 fully saturated rings. The first-order valence-electron chi connectivity index (χ1n) is 23.8. The number of nitrogens with zero attached hydrogens (tertiary/aromatic N) is 6. The molecular formula is C57H76N6P+. The molecule has 2 heterocycles. The fraction of sp³-hybridized carbons (Fsp3) is 0.439. The van der Waals surface area contributed by atoms with Crippen molar-refractivity contribution >= 4 is 7.56 Å². The second-order valence-corrected chi connectivity index (χ2v) is 22.8. The van der Waals surface area contributed by atoms with E-state index in [1.807, 2.05) is 0 Å². The Morgan fingerprint density at radius 3 is 0.672 bits per heavy atom. The van der Waals surface area contributed by atoms with Gasteiger partial charge in [-0.2, -0.15) is 0 Å². The molecule has 0 N–H and O–H groups in total. The molecule has 7 heteroatoms. The molecule has 4 aromatic carbocycles. The minimum absolute atomic E-state index is 0.277. The van der Waals surface area contributed by atoms with Crippen LogP contribution in [0.2, 0.25) is 0 Å². The summed E-state index contributed by atoms with van der Waals surface area (Å²) in [6.07, 6.45) is 15.7. The maximum atomic E-state index is 6.90. The van der Waals surface area contributed by atoms with Crippen molar-refractivity contribution in [2.45, 2.75) is 158 Å². The number of benzene rings is 4. The molecule has 0 aliphatic heterocycles. The van der Waals surface area contributed by atoms with E-state index in [2.05, 4.69) is 239 Å². The van der Waals surface area contributed by atoms with Gasteiger partial charge in [-0.3, -0.25) is 18.3 Å². The summed E-state index contributed by atoms with van der Waals surface area (Å²) >= 11 is 0. The van der Waals surface area contributed by atoms with E-state index in [1.165, 1.54) is 67.3 Å². The van der Waals surface area contributed by atoms with Gasteiger partial charge in [-0.05, 0) is 101 Å². The normalized spacial score (nSPS) is 12.3. The SMILES string of the molecule is CC(C)c1cccc(C(C)C)c1-n1ccn(-c2c(C(C)C)cccc2C(C)C)c1=N[P+](C)([13C]#[13CH])N=c1n(-c2c(C(C)C)cccc2C(C)C)ccn1-c1c(C(C)C)cccc1C(C)C. The van der Waals surface area contributed by atoms with E-state index in [4.69, 9.17) is 15.9 Å². The van der Waals surface area contributed by atoms with Crippen LogP contribution in [-0.4, -0.2) is 24.9 Å². The highest BCUT2D eigenvalue weighted by Gasteiger charge is 2.34. The lowest BCUT2D eigenvalue weighted by atomic mass is 9.92. The van der Waals surface area contributed by atoms with Crippen LogP contribution in [0.25, 0.3) is 22.7 Å². The summed E-state index contributed by atoms with van der Waals surface area (Å²) in [4.78, 5) is 0. The smallest absolute Gasteiger partial charge is 0.282 e. The van der Waals surface area contributed by atoms with Gasteiger partial charge in [-0.25, -0.2) is 0 Å². The lowest BCUT2D eigenvalue weighted by molar-refractivity contribution is 0.762. The predicted molar refractivity (Wildman–Crippen MR) is 276 cm³/mol. The number of imidazole rings is 2. The number of para-hydroxylation sites is 4. The van der Waals surface area contributed by atoms with Gasteiger partial charge < -0.3 is 0 Å². The van der Waals surface area contributed by atoms with Crippen LogP contribution in [0.4, 0.5) is 0 Å². The first kappa shape index (κ1) is 48.3. The van der Waals surface area contributed by atoms with Crippen molar-refractivity contribution in [1.29, 1.82) is 0 Å². The predicted octanol–water partition coefficient (Wildman–Crippen LogP) is 15.4. The third kappa shape index (κ3) is 9.35. The molecule has 0 aliphatic carbocycles. The average Bonchev–Trinajstić information content (AvgIpc) is 3.85. The van der Waals surface area contributed by atoms with Gasteiger partial charge in [0.1, 0.15) is 12.3 Å². The summed E-state index contributed by atoms with van der Waals surface area (Å²) in [5.74, 6) is 2.22. The molecule has 0 aliphatic rings. The van der Waals surface area contributed by atoms with Gasteiger partial charge in [0.05, 0.1) is 22.7 Å². The van der Waals surface area contributed by atoms with Gasteiger partial charge in [0.25, 0.3) is 11.2 Å². The molecule has 6 aromatic rings. The molecule has 0 spiro atoms. The van der Waals surface area contributed by atoms with E-state index >= 15 is 0 Å². The Hall–Kier alpha value is -5.11. The Morgan fingerprint density at radius 2 is 0.531 bits per heavy atom. The van der Waals surface area contributed by atoms with Crippen LogP contribution in [0.15, 0.2) is 107 Å². The van der Waals surface area contributed by atoms with Crippen molar-refractivity contribution in [2.24, 2.45) is 9.53 Å². The van der Waals surface area contributed by atoms with Gasteiger partial charge in [0.15, 0.2) is 0 Å². The highest BCUT2D eigenvalue weighted by atomic mass is 31.2. The Bertz CT molecular complexity index is 2330. The zero-order valence-electron chi connectivity index (χ0n) is 42.1. The molecule has 0 atom stereocenters. The van der Waals surface area contributed by atoms with Crippen LogP contribution < -0.4 is 11.2 Å². The molecule has 0 bridgehead atoms. The van der Waals surface area contributed by atoms with Gasteiger partial charge in [-0.15, -0.1) is 0 Å². The van der Waals surface area contributed by atoms with Crippen molar-refractivity contribution in [3.8, 4) is 34.8 Å². The van der Waals surface area contributed by atoms with E-state index in [0.29, 0.717) is 0 Å². The summed E-state index contributed by atoms with van der Waals surface area (Å²) in [5, 5.41) is 0. The van der Waals surface area contributed by atoms with Crippen LogP contribution >= 0.6 is 7.56 Å². The van der Waals surface area contributed by atoms with Crippen LogP contribution in [0, 0.1) is 12.1 Å². The molecule has 2 aromatic heterocycles. The van der Waals surface area contributed by atoms with Crippen LogP contribution in [0.1, 0.15) is 203 Å². The van der Waals surface area contributed by atoms with Crippen molar-refractivity contribution in [1.82, 2.24) is 18.3 Å². The van der Waals surface area contributed by atoms with Crippen LogP contribution in [0.3, 0.4) is 0 Å². The second-order valence-electron chi connectivity index (χ2n) is 20.3. The topological polar surface area (TPSA) is 44.4 Å². The van der Waals surface area contributed by atoms with Crippen molar-refractivity contribution in [3.05, 3.63) is 153 Å². The Balaban J connectivity index is 1.87. The van der Waals surface area contributed by atoms with E-state index in [1.54, 1.807) is 0 Å².